The lowest BCUT2D eigenvalue weighted by atomic mass is 9.76. The molecule has 0 unspecified atom stereocenters. The molecule has 0 spiro atoms. The average Bonchev–Trinajstić information content (AvgIpc) is 2.75. The number of aliphatic hydroxyl groups excluding tert-OH is 1. The van der Waals surface area contributed by atoms with Gasteiger partial charge in [0.15, 0.2) is 0 Å². The van der Waals surface area contributed by atoms with E-state index in [2.05, 4.69) is 0 Å². The van der Waals surface area contributed by atoms with E-state index >= 15 is 0 Å². The highest BCUT2D eigenvalue weighted by atomic mass is 16.5. The van der Waals surface area contributed by atoms with Crippen LogP contribution in [0.3, 0.4) is 0 Å². The van der Waals surface area contributed by atoms with Gasteiger partial charge in [-0.25, -0.2) is 0 Å². The molecule has 3 nitrogen and oxygen atoms in total. The Morgan fingerprint density at radius 3 is 1.74 bits per heavy atom. The zero-order chi connectivity index (χ0) is 19.1. The molecular weight excluding hydrogens is 336 g/mol. The molecule has 27 heavy (non-hydrogen) atoms. The van der Waals surface area contributed by atoms with Gasteiger partial charge in [-0.3, -0.25) is 4.79 Å². The second kappa shape index (κ2) is 8.37. The molecule has 0 heterocycles. The van der Waals surface area contributed by atoms with Crippen LogP contribution in [0.15, 0.2) is 97.3 Å². The van der Waals surface area contributed by atoms with Crippen molar-refractivity contribution < 1.29 is 14.6 Å². The standard InChI is InChI=1S/C24H22O3/c1-24(21-13-7-3-8-14-21,22-15-9-4-10-16-22)23(26)27-18-20(17-25)19-11-5-2-6-12-19/h2-17,25H,18H2,1H3. The maximum atomic E-state index is 13.2. The fraction of sp³-hybridized carbons (Fsp3) is 0.125. The summed E-state index contributed by atoms with van der Waals surface area (Å²) < 4.78 is 5.66. The summed E-state index contributed by atoms with van der Waals surface area (Å²) >= 11 is 0. The van der Waals surface area contributed by atoms with E-state index < -0.39 is 5.41 Å². The van der Waals surface area contributed by atoms with E-state index in [0.717, 1.165) is 23.0 Å². The summed E-state index contributed by atoms with van der Waals surface area (Å²) in [6, 6.07) is 28.5. The van der Waals surface area contributed by atoms with Crippen molar-refractivity contribution in [2.75, 3.05) is 6.61 Å². The van der Waals surface area contributed by atoms with Crippen molar-refractivity contribution in [3.8, 4) is 0 Å². The normalized spacial score (nSPS) is 11.8. The van der Waals surface area contributed by atoms with Crippen LogP contribution in [0, 0.1) is 0 Å². The number of aliphatic hydroxyl groups is 1. The zero-order valence-corrected chi connectivity index (χ0v) is 15.2. The maximum Gasteiger partial charge on any atom is 0.321 e. The van der Waals surface area contributed by atoms with Crippen LogP contribution in [0.4, 0.5) is 0 Å². The van der Waals surface area contributed by atoms with E-state index in [0.29, 0.717) is 5.57 Å². The Morgan fingerprint density at radius 2 is 1.30 bits per heavy atom. The third-order valence-corrected chi connectivity index (χ3v) is 4.77. The van der Waals surface area contributed by atoms with E-state index in [1.807, 2.05) is 97.9 Å². The van der Waals surface area contributed by atoms with Crippen LogP contribution in [0.2, 0.25) is 0 Å². The van der Waals surface area contributed by atoms with Crippen molar-refractivity contribution >= 4 is 11.5 Å². The Morgan fingerprint density at radius 1 is 0.852 bits per heavy atom. The van der Waals surface area contributed by atoms with E-state index in [4.69, 9.17) is 4.74 Å². The van der Waals surface area contributed by atoms with Crippen LogP contribution in [0.5, 0.6) is 0 Å². The van der Waals surface area contributed by atoms with Gasteiger partial charge in [-0.05, 0) is 23.6 Å². The van der Waals surface area contributed by atoms with Gasteiger partial charge >= 0.3 is 5.97 Å². The largest absolute Gasteiger partial charge is 0.515 e. The quantitative estimate of drug-likeness (QED) is 0.490. The number of carbonyl (C=O) groups is 1. The molecule has 3 aromatic carbocycles. The number of hydrogen-bond donors (Lipinski definition) is 1. The van der Waals surface area contributed by atoms with E-state index in [1.165, 1.54) is 0 Å². The molecular formula is C24H22O3. The number of hydrogen-bond acceptors (Lipinski definition) is 3. The van der Waals surface area contributed by atoms with Crippen molar-refractivity contribution in [3.63, 3.8) is 0 Å². The number of rotatable bonds is 6. The fourth-order valence-corrected chi connectivity index (χ4v) is 3.08. The molecule has 0 aliphatic rings. The second-order valence-corrected chi connectivity index (χ2v) is 6.45. The highest BCUT2D eigenvalue weighted by Gasteiger charge is 2.38. The molecule has 0 saturated carbocycles. The van der Waals surface area contributed by atoms with E-state index in [-0.39, 0.29) is 12.6 Å². The topological polar surface area (TPSA) is 46.5 Å². The Hall–Kier alpha value is -3.33. The Labute approximate surface area is 159 Å². The minimum Gasteiger partial charge on any atom is -0.515 e. The molecule has 3 aromatic rings. The van der Waals surface area contributed by atoms with Gasteiger partial charge < -0.3 is 9.84 Å². The van der Waals surface area contributed by atoms with Gasteiger partial charge in [0, 0.05) is 5.57 Å². The van der Waals surface area contributed by atoms with Crippen molar-refractivity contribution in [2.24, 2.45) is 0 Å². The molecule has 136 valence electrons. The Balaban J connectivity index is 1.88. The summed E-state index contributed by atoms with van der Waals surface area (Å²) in [6.45, 7) is 1.86. The Kier molecular flexibility index (Phi) is 5.72. The van der Waals surface area contributed by atoms with E-state index in [1.54, 1.807) is 0 Å². The highest BCUT2D eigenvalue weighted by Crippen LogP contribution is 2.33. The highest BCUT2D eigenvalue weighted by molar-refractivity contribution is 5.88. The first-order valence-electron chi connectivity index (χ1n) is 8.83. The third kappa shape index (κ3) is 3.93. The molecule has 3 rings (SSSR count). The van der Waals surface area contributed by atoms with Gasteiger partial charge in [-0.15, -0.1) is 0 Å². The van der Waals surface area contributed by atoms with Gasteiger partial charge in [0.25, 0.3) is 0 Å². The van der Waals surface area contributed by atoms with Crippen molar-refractivity contribution in [3.05, 3.63) is 114 Å². The smallest absolute Gasteiger partial charge is 0.321 e. The summed E-state index contributed by atoms with van der Waals surface area (Å²) in [7, 11) is 0. The monoisotopic (exact) mass is 358 g/mol. The van der Waals surface area contributed by atoms with Gasteiger partial charge in [-0.1, -0.05) is 91.0 Å². The van der Waals surface area contributed by atoms with Gasteiger partial charge in [0.05, 0.1) is 6.26 Å². The number of benzene rings is 3. The predicted octanol–water partition coefficient (Wildman–Crippen LogP) is 5.13. The third-order valence-electron chi connectivity index (χ3n) is 4.77. The minimum absolute atomic E-state index is 0.00535. The first-order valence-corrected chi connectivity index (χ1v) is 8.83. The van der Waals surface area contributed by atoms with Crippen LogP contribution in [0.1, 0.15) is 23.6 Å². The molecule has 0 fully saturated rings. The van der Waals surface area contributed by atoms with Crippen LogP contribution in [-0.4, -0.2) is 17.7 Å². The number of ether oxygens (including phenoxy) is 1. The van der Waals surface area contributed by atoms with E-state index in [9.17, 15) is 9.90 Å². The van der Waals surface area contributed by atoms with Gasteiger partial charge in [-0.2, -0.15) is 0 Å². The van der Waals surface area contributed by atoms with Crippen molar-refractivity contribution in [1.82, 2.24) is 0 Å². The predicted molar refractivity (Wildman–Crippen MR) is 107 cm³/mol. The average molecular weight is 358 g/mol. The first-order chi connectivity index (χ1) is 13.2. The fourth-order valence-electron chi connectivity index (χ4n) is 3.08. The SMILES string of the molecule is CC(C(=O)OCC(=CO)c1ccccc1)(c1ccccc1)c1ccccc1. The minimum atomic E-state index is -0.945. The molecule has 1 N–H and O–H groups in total. The molecule has 0 aromatic heterocycles. The van der Waals surface area contributed by atoms with Gasteiger partial charge in [0.2, 0.25) is 0 Å². The second-order valence-electron chi connectivity index (χ2n) is 6.45. The molecule has 0 aliphatic carbocycles. The summed E-state index contributed by atoms with van der Waals surface area (Å²) in [6.07, 6.45) is 0.991. The molecule has 0 saturated heterocycles. The summed E-state index contributed by atoms with van der Waals surface area (Å²) in [5.41, 5.74) is 2.13. The number of esters is 1. The molecule has 3 heteroatoms. The molecule has 0 radical (unpaired) electrons. The Bertz CT molecular complexity index is 861. The van der Waals surface area contributed by atoms with Gasteiger partial charge in [0.1, 0.15) is 12.0 Å². The summed E-state index contributed by atoms with van der Waals surface area (Å²) in [4.78, 5) is 13.2. The maximum absolute atomic E-state index is 13.2. The number of carbonyl (C=O) groups excluding carboxylic acids is 1. The zero-order valence-electron chi connectivity index (χ0n) is 15.2. The van der Waals surface area contributed by atoms with Crippen LogP contribution in [0.25, 0.3) is 5.57 Å². The summed E-state index contributed by atoms with van der Waals surface area (Å²) in [5.74, 6) is -0.366. The molecule has 0 amide bonds. The lowest BCUT2D eigenvalue weighted by molar-refractivity contribution is -0.146. The van der Waals surface area contributed by atoms with Crippen LogP contribution < -0.4 is 0 Å². The van der Waals surface area contributed by atoms with Crippen LogP contribution in [-0.2, 0) is 14.9 Å². The molecule has 0 aliphatic heterocycles. The lowest BCUT2D eigenvalue weighted by Gasteiger charge is -2.28. The van der Waals surface area contributed by atoms with Crippen molar-refractivity contribution in [1.29, 1.82) is 0 Å². The van der Waals surface area contributed by atoms with Crippen LogP contribution >= 0.6 is 0 Å². The summed E-state index contributed by atoms with van der Waals surface area (Å²) in [5, 5.41) is 9.58. The first kappa shape index (κ1) is 18.5. The molecule has 0 bridgehead atoms. The lowest BCUT2D eigenvalue weighted by Crippen LogP contribution is -2.36. The molecule has 0 atom stereocenters. The van der Waals surface area contributed by atoms with Crippen molar-refractivity contribution in [2.45, 2.75) is 12.3 Å².